The van der Waals surface area contributed by atoms with Crippen LogP contribution in [0.4, 0.5) is 30.7 Å². The van der Waals surface area contributed by atoms with E-state index in [0.717, 1.165) is 0 Å². The van der Waals surface area contributed by atoms with Crippen molar-refractivity contribution in [1.82, 2.24) is 15.0 Å². The number of hydrogen-bond acceptors (Lipinski definition) is 5. The Labute approximate surface area is 229 Å². The van der Waals surface area contributed by atoms with Gasteiger partial charge in [-0.3, -0.25) is 4.79 Å². The van der Waals surface area contributed by atoms with E-state index in [4.69, 9.17) is 9.26 Å². The molecule has 2 aromatic carbocycles. The molecule has 3 heterocycles. The zero-order valence-corrected chi connectivity index (χ0v) is 21.8. The molecule has 1 saturated heterocycles. The van der Waals surface area contributed by atoms with Crippen molar-refractivity contribution in [2.75, 3.05) is 6.54 Å². The zero-order valence-electron chi connectivity index (χ0n) is 21.8. The second-order valence-electron chi connectivity index (χ2n) is 10.0. The van der Waals surface area contributed by atoms with Gasteiger partial charge in [0.25, 0.3) is 5.89 Å². The fourth-order valence-electron chi connectivity index (χ4n) is 5.37. The number of carbonyl (C=O) groups is 1. The lowest BCUT2D eigenvalue weighted by atomic mass is 9.85. The van der Waals surface area contributed by atoms with E-state index in [1.54, 1.807) is 0 Å². The second kappa shape index (κ2) is 10.6. The summed E-state index contributed by atoms with van der Waals surface area (Å²) in [6.07, 6.45) is -9.94. The third-order valence-electron chi connectivity index (χ3n) is 7.37. The Balaban J connectivity index is 1.49. The van der Waals surface area contributed by atoms with Crippen LogP contribution in [0.5, 0.6) is 0 Å². The van der Waals surface area contributed by atoms with Crippen molar-refractivity contribution in [1.29, 1.82) is 0 Å². The standard InChI is InChI=1S/C28H24F7N3O3/c1-3-23-36-26(41-37-23)17-10-21-25(15-4-6-20(29)7-5-15)22(13-38(21)24(39)11-17)40-14(2)16-8-18(27(30,31)32)12-19(9-16)28(33,34)35/h4-9,11-12,14,21-22,25H,3,10,13H2,1-2H3/t14-,21?,22+,25+/m1/s1. The average molecular weight is 584 g/mol. The summed E-state index contributed by atoms with van der Waals surface area (Å²) in [6.45, 7) is 3.20. The van der Waals surface area contributed by atoms with Crippen molar-refractivity contribution in [3.63, 3.8) is 0 Å². The first-order valence-corrected chi connectivity index (χ1v) is 12.8. The molecular weight excluding hydrogens is 559 g/mol. The van der Waals surface area contributed by atoms with Crippen LogP contribution in [-0.4, -0.2) is 39.6 Å². The number of nitrogens with zero attached hydrogens (tertiary/aromatic N) is 3. The lowest BCUT2D eigenvalue weighted by molar-refractivity contribution is -0.143. The summed E-state index contributed by atoms with van der Waals surface area (Å²) < 4.78 is 106. The smallest absolute Gasteiger partial charge is 0.368 e. The molecule has 0 radical (unpaired) electrons. The number of amides is 1. The predicted octanol–water partition coefficient (Wildman–Crippen LogP) is 6.74. The van der Waals surface area contributed by atoms with Gasteiger partial charge in [-0.15, -0.1) is 0 Å². The summed E-state index contributed by atoms with van der Waals surface area (Å²) in [5.41, 5.74) is -2.15. The van der Waals surface area contributed by atoms with Gasteiger partial charge in [-0.05, 0) is 54.8 Å². The number of fused-ring (bicyclic) bond motifs is 1. The summed E-state index contributed by atoms with van der Waals surface area (Å²) in [5, 5.41) is 3.87. The van der Waals surface area contributed by atoms with Crippen molar-refractivity contribution in [2.24, 2.45) is 0 Å². The lowest BCUT2D eigenvalue weighted by Crippen LogP contribution is -2.39. The molecule has 218 valence electrons. The molecule has 4 atom stereocenters. The van der Waals surface area contributed by atoms with Crippen LogP contribution >= 0.6 is 0 Å². The molecule has 0 saturated carbocycles. The van der Waals surface area contributed by atoms with Crippen molar-refractivity contribution in [2.45, 2.75) is 63.2 Å². The van der Waals surface area contributed by atoms with Crippen molar-refractivity contribution >= 4 is 11.5 Å². The minimum Gasteiger partial charge on any atom is -0.368 e. The third-order valence-corrected chi connectivity index (χ3v) is 7.37. The summed E-state index contributed by atoms with van der Waals surface area (Å²) in [7, 11) is 0. The first kappa shape index (κ1) is 28.8. The normalized spacial score (nSPS) is 22.1. The third kappa shape index (κ3) is 5.85. The van der Waals surface area contributed by atoms with Gasteiger partial charge in [-0.2, -0.15) is 31.3 Å². The van der Waals surface area contributed by atoms with Crippen LogP contribution in [0.25, 0.3) is 5.57 Å². The highest BCUT2D eigenvalue weighted by molar-refractivity contribution is 5.97. The highest BCUT2D eigenvalue weighted by atomic mass is 19.4. The average Bonchev–Trinajstić information content (AvgIpc) is 3.53. The van der Waals surface area contributed by atoms with Crippen LogP contribution in [0, 0.1) is 5.82 Å². The molecule has 2 aliphatic rings. The number of aryl methyl sites for hydroxylation is 1. The van der Waals surface area contributed by atoms with E-state index in [-0.39, 0.29) is 30.5 Å². The van der Waals surface area contributed by atoms with Crippen molar-refractivity contribution < 1.29 is 44.8 Å². The number of alkyl halides is 6. The Morgan fingerprint density at radius 2 is 1.68 bits per heavy atom. The number of ether oxygens (including phenoxy) is 1. The highest BCUT2D eigenvalue weighted by Crippen LogP contribution is 2.45. The summed E-state index contributed by atoms with van der Waals surface area (Å²) >= 11 is 0. The van der Waals surface area contributed by atoms with Crippen molar-refractivity contribution in [3.05, 3.63) is 88.3 Å². The maximum absolute atomic E-state index is 13.8. The summed E-state index contributed by atoms with van der Waals surface area (Å²) in [5.74, 6) is -0.860. The van der Waals surface area contributed by atoms with Gasteiger partial charge in [-0.25, -0.2) is 4.39 Å². The Hall–Kier alpha value is -3.74. The monoisotopic (exact) mass is 583 g/mol. The number of halogens is 7. The molecule has 5 rings (SSSR count). The fourth-order valence-corrected chi connectivity index (χ4v) is 5.37. The molecule has 3 aromatic rings. The molecular formula is C28H24F7N3O3. The summed E-state index contributed by atoms with van der Waals surface area (Å²) in [6, 6.07) is 6.26. The maximum Gasteiger partial charge on any atom is 0.416 e. The Kier molecular flexibility index (Phi) is 7.43. The van der Waals surface area contributed by atoms with Gasteiger partial charge in [0, 0.05) is 36.6 Å². The molecule has 2 aliphatic heterocycles. The number of benzene rings is 2. The lowest BCUT2D eigenvalue weighted by Gasteiger charge is -2.32. The molecule has 1 unspecified atom stereocenters. The van der Waals surface area contributed by atoms with Gasteiger partial charge in [0.05, 0.1) is 23.3 Å². The molecule has 0 bridgehead atoms. The van der Waals surface area contributed by atoms with Gasteiger partial charge in [0.1, 0.15) is 5.82 Å². The second-order valence-corrected chi connectivity index (χ2v) is 10.0. The van der Waals surface area contributed by atoms with Crippen LogP contribution < -0.4 is 0 Å². The molecule has 0 spiro atoms. The van der Waals surface area contributed by atoms with Crippen LogP contribution in [-0.2, 0) is 28.3 Å². The van der Waals surface area contributed by atoms with Gasteiger partial charge >= 0.3 is 12.4 Å². The number of hydrogen-bond donors (Lipinski definition) is 0. The molecule has 1 amide bonds. The SMILES string of the molecule is CCc1noc(C2=CC(=O)N3C[C@H](O[C@H](C)c4cc(C(F)(F)F)cc(C(F)(F)F)c4)[C@@H](c4ccc(F)cc4)C3C2)n1. The van der Waals surface area contributed by atoms with E-state index in [1.807, 2.05) is 6.92 Å². The quantitative estimate of drug-likeness (QED) is 0.301. The Morgan fingerprint density at radius 3 is 2.24 bits per heavy atom. The topological polar surface area (TPSA) is 68.5 Å². The number of rotatable bonds is 6. The molecule has 41 heavy (non-hydrogen) atoms. The fraction of sp³-hybridized carbons (Fsp3) is 0.393. The first-order chi connectivity index (χ1) is 19.2. The minimum atomic E-state index is -5.01. The van der Waals surface area contributed by atoms with E-state index in [1.165, 1.54) is 42.2 Å². The van der Waals surface area contributed by atoms with Gasteiger partial charge < -0.3 is 14.2 Å². The van der Waals surface area contributed by atoms with Gasteiger partial charge in [-0.1, -0.05) is 24.2 Å². The van der Waals surface area contributed by atoms with Crippen LogP contribution in [0.2, 0.25) is 0 Å². The molecule has 0 aliphatic carbocycles. The van der Waals surface area contributed by atoms with Crippen LogP contribution in [0.3, 0.4) is 0 Å². The van der Waals surface area contributed by atoms with Gasteiger partial charge in [0.15, 0.2) is 5.82 Å². The minimum absolute atomic E-state index is 0.00873. The Bertz CT molecular complexity index is 1430. The van der Waals surface area contributed by atoms with Crippen molar-refractivity contribution in [3.8, 4) is 0 Å². The van der Waals surface area contributed by atoms with Gasteiger partial charge in [0.2, 0.25) is 5.91 Å². The Morgan fingerprint density at radius 1 is 1.05 bits per heavy atom. The maximum atomic E-state index is 13.8. The zero-order chi connectivity index (χ0) is 29.7. The van der Waals surface area contributed by atoms with E-state index < -0.39 is 59.4 Å². The predicted molar refractivity (Wildman–Crippen MR) is 131 cm³/mol. The van der Waals surface area contributed by atoms with E-state index in [2.05, 4.69) is 10.1 Å². The number of aromatic nitrogens is 2. The molecule has 1 aromatic heterocycles. The van der Waals surface area contributed by atoms with E-state index in [0.29, 0.717) is 35.5 Å². The molecule has 13 heteroatoms. The van der Waals surface area contributed by atoms with E-state index in [9.17, 15) is 35.5 Å². The van der Waals surface area contributed by atoms with Crippen LogP contribution in [0.15, 0.2) is 53.1 Å². The summed E-state index contributed by atoms with van der Waals surface area (Å²) in [4.78, 5) is 19.0. The van der Waals surface area contributed by atoms with E-state index >= 15 is 0 Å². The largest absolute Gasteiger partial charge is 0.416 e. The first-order valence-electron chi connectivity index (χ1n) is 12.8. The number of carbonyl (C=O) groups excluding carboxylic acids is 1. The van der Waals surface area contributed by atoms with Crippen LogP contribution in [0.1, 0.15) is 66.3 Å². The molecule has 0 N–H and O–H groups in total. The highest BCUT2D eigenvalue weighted by Gasteiger charge is 2.48. The molecule has 6 nitrogen and oxygen atoms in total. The molecule has 1 fully saturated rings.